The molecule has 7 heteroatoms. The summed E-state index contributed by atoms with van der Waals surface area (Å²) < 4.78 is 21.6. The number of hydrogen-bond acceptors (Lipinski definition) is 6. The van der Waals surface area contributed by atoms with Crippen molar-refractivity contribution in [2.45, 2.75) is 26.2 Å². The molecule has 0 aliphatic rings. The molecule has 0 saturated heterocycles. The van der Waals surface area contributed by atoms with Gasteiger partial charge in [0.05, 0.1) is 27.9 Å². The number of methoxy groups -OCH3 is 3. The van der Waals surface area contributed by atoms with Crippen LogP contribution in [-0.4, -0.2) is 58.1 Å². The van der Waals surface area contributed by atoms with Crippen LogP contribution in [0.5, 0.6) is 23.0 Å². The molecule has 0 unspecified atom stereocenters. The van der Waals surface area contributed by atoms with Crippen LogP contribution in [0, 0.1) is 0 Å². The smallest absolute Gasteiger partial charge is 0.222 e. The van der Waals surface area contributed by atoms with E-state index in [9.17, 15) is 9.59 Å². The highest BCUT2D eigenvalue weighted by molar-refractivity contribution is 5.94. The number of carbonyl (C=O) groups is 2. The number of ether oxygens (including phenoxy) is 4. The summed E-state index contributed by atoms with van der Waals surface area (Å²) in [5, 5.41) is 0. The molecule has 0 N–H and O–H groups in total. The number of amides is 1. The standard InChI is InChI=1S/C24H31NO6/c1-17(26)19-9-11-21(23(16-19)30-5)31-14-6-7-24(27)25(2)13-12-18-8-10-20(28-3)22(15-18)29-4/h8-11,15-16H,6-7,12-14H2,1-5H3. The normalized spacial score (nSPS) is 10.4. The number of hydrogen-bond donors (Lipinski definition) is 0. The van der Waals surface area contributed by atoms with E-state index >= 15 is 0 Å². The van der Waals surface area contributed by atoms with Crippen molar-refractivity contribution in [1.82, 2.24) is 4.90 Å². The lowest BCUT2D eigenvalue weighted by Crippen LogP contribution is -2.28. The lowest BCUT2D eigenvalue weighted by molar-refractivity contribution is -0.130. The number of ketones is 1. The number of likely N-dealkylation sites (N-methyl/N-ethyl adjacent to an activating group) is 1. The summed E-state index contributed by atoms with van der Waals surface area (Å²) in [6.07, 6.45) is 1.69. The van der Waals surface area contributed by atoms with Gasteiger partial charge in [0.15, 0.2) is 28.8 Å². The van der Waals surface area contributed by atoms with Crippen molar-refractivity contribution < 1.29 is 28.5 Å². The minimum Gasteiger partial charge on any atom is -0.493 e. The lowest BCUT2D eigenvalue weighted by atomic mass is 10.1. The van der Waals surface area contributed by atoms with Crippen molar-refractivity contribution in [3.8, 4) is 23.0 Å². The fourth-order valence-corrected chi connectivity index (χ4v) is 3.06. The molecule has 2 aromatic rings. The molecule has 31 heavy (non-hydrogen) atoms. The third-order valence-electron chi connectivity index (χ3n) is 4.97. The zero-order valence-electron chi connectivity index (χ0n) is 18.9. The summed E-state index contributed by atoms with van der Waals surface area (Å²) in [5.74, 6) is 2.45. The van der Waals surface area contributed by atoms with Crippen molar-refractivity contribution >= 4 is 11.7 Å². The summed E-state index contributed by atoms with van der Waals surface area (Å²) in [7, 11) is 6.54. The third-order valence-corrected chi connectivity index (χ3v) is 4.97. The SMILES string of the molecule is COc1ccc(CCN(C)C(=O)CCCOc2ccc(C(C)=O)cc2OC)cc1OC. The molecule has 0 spiro atoms. The fraction of sp³-hybridized carbons (Fsp3) is 0.417. The van der Waals surface area contributed by atoms with Gasteiger partial charge in [0.2, 0.25) is 5.91 Å². The van der Waals surface area contributed by atoms with Crippen molar-refractivity contribution in [2.75, 3.05) is 41.5 Å². The van der Waals surface area contributed by atoms with Crippen LogP contribution >= 0.6 is 0 Å². The van der Waals surface area contributed by atoms with E-state index < -0.39 is 0 Å². The maximum atomic E-state index is 12.4. The van der Waals surface area contributed by atoms with E-state index in [1.165, 1.54) is 14.0 Å². The number of rotatable bonds is 12. The Morgan fingerprint density at radius 1 is 0.871 bits per heavy atom. The molecule has 0 aliphatic heterocycles. The topological polar surface area (TPSA) is 74.3 Å². The highest BCUT2D eigenvalue weighted by Gasteiger charge is 2.12. The number of Topliss-reactive ketones (excluding diaryl/α,β-unsaturated/α-hetero) is 1. The Morgan fingerprint density at radius 3 is 2.16 bits per heavy atom. The molecule has 0 bridgehead atoms. The van der Waals surface area contributed by atoms with Gasteiger partial charge in [0, 0.05) is 25.6 Å². The van der Waals surface area contributed by atoms with Crippen LogP contribution in [0.15, 0.2) is 36.4 Å². The molecule has 0 saturated carbocycles. The molecule has 2 aromatic carbocycles. The van der Waals surface area contributed by atoms with Crippen LogP contribution in [0.2, 0.25) is 0 Å². The van der Waals surface area contributed by atoms with Crippen LogP contribution < -0.4 is 18.9 Å². The largest absolute Gasteiger partial charge is 0.493 e. The summed E-state index contributed by atoms with van der Waals surface area (Å²) in [5.41, 5.74) is 1.64. The van der Waals surface area contributed by atoms with E-state index in [1.54, 1.807) is 44.4 Å². The van der Waals surface area contributed by atoms with Crippen LogP contribution in [0.25, 0.3) is 0 Å². The van der Waals surface area contributed by atoms with E-state index in [0.29, 0.717) is 54.6 Å². The molecule has 1 amide bonds. The van der Waals surface area contributed by atoms with Crippen molar-refractivity contribution in [3.05, 3.63) is 47.5 Å². The Morgan fingerprint density at radius 2 is 1.52 bits per heavy atom. The molecule has 0 radical (unpaired) electrons. The highest BCUT2D eigenvalue weighted by Crippen LogP contribution is 2.29. The van der Waals surface area contributed by atoms with Gasteiger partial charge in [-0.05, 0) is 55.7 Å². The van der Waals surface area contributed by atoms with Gasteiger partial charge in [-0.3, -0.25) is 9.59 Å². The second-order valence-electron chi connectivity index (χ2n) is 7.13. The predicted molar refractivity (Wildman–Crippen MR) is 119 cm³/mol. The summed E-state index contributed by atoms with van der Waals surface area (Å²) in [6.45, 7) is 2.49. The summed E-state index contributed by atoms with van der Waals surface area (Å²) >= 11 is 0. The molecule has 0 fully saturated rings. The molecule has 0 heterocycles. The van der Waals surface area contributed by atoms with E-state index in [0.717, 1.165) is 12.0 Å². The second kappa shape index (κ2) is 11.8. The average Bonchev–Trinajstić information content (AvgIpc) is 2.79. The van der Waals surface area contributed by atoms with Crippen molar-refractivity contribution in [3.63, 3.8) is 0 Å². The molecule has 7 nitrogen and oxygen atoms in total. The number of benzene rings is 2. The minimum atomic E-state index is -0.0356. The van der Waals surface area contributed by atoms with Crippen LogP contribution in [0.3, 0.4) is 0 Å². The van der Waals surface area contributed by atoms with Crippen molar-refractivity contribution in [1.29, 1.82) is 0 Å². The molecule has 0 aliphatic carbocycles. The van der Waals surface area contributed by atoms with E-state index in [2.05, 4.69) is 0 Å². The first kappa shape index (κ1) is 24.1. The molecule has 168 valence electrons. The van der Waals surface area contributed by atoms with Crippen molar-refractivity contribution in [2.24, 2.45) is 0 Å². The van der Waals surface area contributed by atoms with Gasteiger partial charge in [-0.15, -0.1) is 0 Å². The maximum Gasteiger partial charge on any atom is 0.222 e. The van der Waals surface area contributed by atoms with Crippen LogP contribution in [0.4, 0.5) is 0 Å². The van der Waals surface area contributed by atoms with E-state index in [4.69, 9.17) is 18.9 Å². The van der Waals surface area contributed by atoms with Crippen LogP contribution in [-0.2, 0) is 11.2 Å². The van der Waals surface area contributed by atoms with Gasteiger partial charge in [-0.25, -0.2) is 0 Å². The molecule has 0 aromatic heterocycles. The van der Waals surface area contributed by atoms with Gasteiger partial charge in [-0.1, -0.05) is 6.07 Å². The van der Waals surface area contributed by atoms with Gasteiger partial charge < -0.3 is 23.8 Å². The summed E-state index contributed by atoms with van der Waals surface area (Å²) in [6, 6.07) is 10.8. The monoisotopic (exact) mass is 429 g/mol. The van der Waals surface area contributed by atoms with Gasteiger partial charge in [-0.2, -0.15) is 0 Å². The van der Waals surface area contributed by atoms with Gasteiger partial charge in [0.1, 0.15) is 0 Å². The first-order valence-electron chi connectivity index (χ1n) is 10.2. The third kappa shape index (κ3) is 6.91. The molecular weight excluding hydrogens is 398 g/mol. The quantitative estimate of drug-likeness (QED) is 0.378. The molecular formula is C24H31NO6. The Hall–Kier alpha value is -3.22. The second-order valence-corrected chi connectivity index (χ2v) is 7.13. The molecule has 2 rings (SSSR count). The zero-order chi connectivity index (χ0) is 22.8. The Balaban J connectivity index is 1.78. The first-order chi connectivity index (χ1) is 14.9. The Kier molecular flexibility index (Phi) is 9.18. The number of carbonyl (C=O) groups excluding carboxylic acids is 2. The minimum absolute atomic E-state index is 0.0356. The summed E-state index contributed by atoms with van der Waals surface area (Å²) in [4.78, 5) is 25.6. The zero-order valence-corrected chi connectivity index (χ0v) is 18.9. The van der Waals surface area contributed by atoms with Crippen LogP contribution in [0.1, 0.15) is 35.7 Å². The first-order valence-corrected chi connectivity index (χ1v) is 10.2. The van der Waals surface area contributed by atoms with E-state index in [-0.39, 0.29) is 11.7 Å². The fourth-order valence-electron chi connectivity index (χ4n) is 3.06. The Labute approximate surface area is 183 Å². The molecule has 0 atom stereocenters. The van der Waals surface area contributed by atoms with Gasteiger partial charge >= 0.3 is 0 Å². The van der Waals surface area contributed by atoms with Gasteiger partial charge in [0.25, 0.3) is 0 Å². The highest BCUT2D eigenvalue weighted by atomic mass is 16.5. The average molecular weight is 430 g/mol. The number of nitrogens with zero attached hydrogens (tertiary/aromatic N) is 1. The van der Waals surface area contributed by atoms with E-state index in [1.807, 2.05) is 18.2 Å². The lowest BCUT2D eigenvalue weighted by Gasteiger charge is -2.18. The predicted octanol–water partition coefficient (Wildman–Crippen LogP) is 3.78. The Bertz CT molecular complexity index is 896. The maximum absolute atomic E-state index is 12.4.